The van der Waals surface area contributed by atoms with E-state index in [0.29, 0.717) is 19.5 Å². The topological polar surface area (TPSA) is 106 Å². The first-order chi connectivity index (χ1) is 10.3. The Hall–Kier alpha value is -1.80. The number of anilines is 1. The van der Waals surface area contributed by atoms with Crippen molar-refractivity contribution in [3.05, 3.63) is 24.3 Å². The molecule has 0 heterocycles. The summed E-state index contributed by atoms with van der Waals surface area (Å²) < 4.78 is 29.7. The molecule has 0 saturated carbocycles. The maximum atomic E-state index is 10.9. The van der Waals surface area contributed by atoms with Gasteiger partial charge in [0, 0.05) is 18.8 Å². The van der Waals surface area contributed by atoms with Crippen LogP contribution in [0.15, 0.2) is 29.3 Å². The van der Waals surface area contributed by atoms with Crippen LogP contribution < -0.4 is 20.5 Å². The van der Waals surface area contributed by atoms with E-state index in [1.807, 2.05) is 38.1 Å². The van der Waals surface area contributed by atoms with Crippen molar-refractivity contribution in [2.45, 2.75) is 26.4 Å². The third-order valence-electron chi connectivity index (χ3n) is 2.48. The number of benzene rings is 1. The molecule has 1 aromatic rings. The molecule has 1 rings (SSSR count). The lowest BCUT2D eigenvalue weighted by atomic mass is 10.3. The zero-order valence-corrected chi connectivity index (χ0v) is 14.0. The lowest BCUT2D eigenvalue weighted by Gasteiger charge is -2.11. The number of guanidine groups is 1. The van der Waals surface area contributed by atoms with Crippen LogP contribution in [0.2, 0.25) is 0 Å². The highest BCUT2D eigenvalue weighted by Gasteiger charge is 2.00. The first-order valence-electron chi connectivity index (χ1n) is 7.04. The van der Waals surface area contributed by atoms with Gasteiger partial charge in [0.2, 0.25) is 10.0 Å². The van der Waals surface area contributed by atoms with Crippen LogP contribution in [0.1, 0.15) is 20.3 Å². The zero-order valence-electron chi connectivity index (χ0n) is 13.2. The summed E-state index contributed by atoms with van der Waals surface area (Å²) in [5.74, 6) is 1.08. The van der Waals surface area contributed by atoms with Crippen molar-refractivity contribution in [3.8, 4) is 5.75 Å². The lowest BCUT2D eigenvalue weighted by Crippen LogP contribution is -2.25. The molecule has 0 bridgehead atoms. The summed E-state index contributed by atoms with van der Waals surface area (Å²) in [6, 6.07) is 7.41. The Morgan fingerprint density at radius 1 is 1.32 bits per heavy atom. The molecule has 0 spiro atoms. The fraction of sp³-hybridized carbons (Fsp3) is 0.500. The minimum Gasteiger partial charge on any atom is -0.491 e. The van der Waals surface area contributed by atoms with E-state index in [4.69, 9.17) is 10.5 Å². The van der Waals surface area contributed by atoms with Gasteiger partial charge >= 0.3 is 0 Å². The maximum Gasteiger partial charge on any atom is 0.208 e. The molecule has 0 aliphatic rings. The molecule has 8 heteroatoms. The summed E-state index contributed by atoms with van der Waals surface area (Å²) in [5.41, 5.74) is 6.57. The predicted octanol–water partition coefficient (Wildman–Crippen LogP) is 1.14. The van der Waals surface area contributed by atoms with Gasteiger partial charge in [-0.15, -0.1) is 0 Å². The zero-order chi connectivity index (χ0) is 16.6. The van der Waals surface area contributed by atoms with Crippen LogP contribution in [-0.4, -0.2) is 39.8 Å². The van der Waals surface area contributed by atoms with E-state index in [9.17, 15) is 8.42 Å². The normalized spacial score (nSPS) is 12.5. The average molecular weight is 328 g/mol. The number of nitrogens with two attached hydrogens (primary N) is 1. The molecule has 1 aromatic carbocycles. The quantitative estimate of drug-likeness (QED) is 0.377. The molecule has 0 aliphatic carbocycles. The fourth-order valence-corrected chi connectivity index (χ4v) is 2.13. The molecule has 0 amide bonds. The van der Waals surface area contributed by atoms with Gasteiger partial charge in [-0.25, -0.2) is 13.1 Å². The Morgan fingerprint density at radius 3 is 2.50 bits per heavy atom. The third-order valence-corrected chi connectivity index (χ3v) is 3.21. The van der Waals surface area contributed by atoms with Crippen molar-refractivity contribution in [2.75, 3.05) is 24.7 Å². The van der Waals surface area contributed by atoms with E-state index >= 15 is 0 Å². The molecule has 0 saturated heterocycles. The second-order valence-corrected chi connectivity index (χ2v) is 6.94. The van der Waals surface area contributed by atoms with E-state index in [2.05, 4.69) is 15.0 Å². The van der Waals surface area contributed by atoms with E-state index in [1.165, 1.54) is 0 Å². The van der Waals surface area contributed by atoms with Crippen LogP contribution in [-0.2, 0) is 10.0 Å². The number of ether oxygens (including phenoxy) is 1. The summed E-state index contributed by atoms with van der Waals surface area (Å²) in [5, 5.41) is 2.96. The highest BCUT2D eigenvalue weighted by atomic mass is 32.2. The number of nitrogens with zero attached hydrogens (tertiary/aromatic N) is 1. The van der Waals surface area contributed by atoms with Crippen LogP contribution in [0.4, 0.5) is 5.69 Å². The standard InChI is InChI=1S/C14H24N4O3S/c1-11(2)21-13-7-5-12(6-8-13)18-14(15)16-9-4-10-17-22(3,19)20/h5-8,11,17H,4,9-10H2,1-3H3,(H3,15,16,18). The van der Waals surface area contributed by atoms with Crippen molar-refractivity contribution in [2.24, 2.45) is 10.7 Å². The molecule has 124 valence electrons. The van der Waals surface area contributed by atoms with E-state index < -0.39 is 10.0 Å². The van der Waals surface area contributed by atoms with Gasteiger partial charge in [0.25, 0.3) is 0 Å². The Bertz CT molecular complexity index is 583. The summed E-state index contributed by atoms with van der Waals surface area (Å²) in [4.78, 5) is 4.13. The van der Waals surface area contributed by atoms with Gasteiger partial charge in [-0.2, -0.15) is 0 Å². The van der Waals surface area contributed by atoms with Crippen LogP contribution >= 0.6 is 0 Å². The van der Waals surface area contributed by atoms with E-state index in [0.717, 1.165) is 17.7 Å². The van der Waals surface area contributed by atoms with E-state index in [-0.39, 0.29) is 12.1 Å². The predicted molar refractivity (Wildman–Crippen MR) is 89.8 cm³/mol. The summed E-state index contributed by atoms with van der Waals surface area (Å²) >= 11 is 0. The van der Waals surface area contributed by atoms with Crippen molar-refractivity contribution in [1.29, 1.82) is 0 Å². The first kappa shape index (κ1) is 18.2. The van der Waals surface area contributed by atoms with Crippen molar-refractivity contribution < 1.29 is 13.2 Å². The van der Waals surface area contributed by atoms with Gasteiger partial charge in [0.15, 0.2) is 5.96 Å². The molecular formula is C14H24N4O3S. The molecule has 4 N–H and O–H groups in total. The number of sulfonamides is 1. The molecule has 22 heavy (non-hydrogen) atoms. The molecule has 0 radical (unpaired) electrons. The van der Waals surface area contributed by atoms with Crippen LogP contribution in [0.3, 0.4) is 0 Å². The fourth-order valence-electron chi connectivity index (χ4n) is 1.61. The van der Waals surface area contributed by atoms with Crippen molar-refractivity contribution in [1.82, 2.24) is 4.72 Å². The minimum absolute atomic E-state index is 0.131. The molecule has 0 atom stereocenters. The highest BCUT2D eigenvalue weighted by Crippen LogP contribution is 2.16. The maximum absolute atomic E-state index is 10.9. The van der Waals surface area contributed by atoms with Gasteiger partial charge in [-0.1, -0.05) is 0 Å². The second-order valence-electron chi connectivity index (χ2n) is 5.10. The monoisotopic (exact) mass is 328 g/mol. The largest absolute Gasteiger partial charge is 0.491 e. The Morgan fingerprint density at radius 2 is 1.95 bits per heavy atom. The highest BCUT2D eigenvalue weighted by molar-refractivity contribution is 7.88. The lowest BCUT2D eigenvalue weighted by molar-refractivity contribution is 0.242. The first-order valence-corrected chi connectivity index (χ1v) is 8.94. The molecule has 0 aromatic heterocycles. The summed E-state index contributed by atoms with van der Waals surface area (Å²) in [7, 11) is -3.14. The Balaban J connectivity index is 2.37. The van der Waals surface area contributed by atoms with Gasteiger partial charge in [0.05, 0.1) is 12.4 Å². The summed E-state index contributed by atoms with van der Waals surface area (Å²) in [6.45, 7) is 4.72. The number of aliphatic imine (C=N–C) groups is 1. The average Bonchev–Trinajstić information content (AvgIpc) is 2.38. The van der Waals surface area contributed by atoms with Crippen LogP contribution in [0, 0.1) is 0 Å². The smallest absolute Gasteiger partial charge is 0.208 e. The molecular weight excluding hydrogens is 304 g/mol. The Labute approximate surface area is 132 Å². The second kappa shape index (κ2) is 8.60. The molecule has 0 fully saturated rings. The van der Waals surface area contributed by atoms with Crippen molar-refractivity contribution in [3.63, 3.8) is 0 Å². The molecule has 0 unspecified atom stereocenters. The number of hydrogen-bond donors (Lipinski definition) is 3. The minimum atomic E-state index is -3.14. The van der Waals surface area contributed by atoms with Crippen molar-refractivity contribution >= 4 is 21.7 Å². The SMILES string of the molecule is CC(C)Oc1ccc(NC(N)=NCCCNS(C)(=O)=O)cc1. The number of nitrogens with one attached hydrogen (secondary N) is 2. The Kier molecular flexibility index (Phi) is 7.13. The molecule has 0 aliphatic heterocycles. The van der Waals surface area contributed by atoms with Crippen LogP contribution in [0.25, 0.3) is 0 Å². The van der Waals surface area contributed by atoms with Gasteiger partial charge in [0.1, 0.15) is 5.75 Å². The molecule has 7 nitrogen and oxygen atoms in total. The summed E-state index contributed by atoms with van der Waals surface area (Å²) in [6.07, 6.45) is 1.83. The van der Waals surface area contributed by atoms with Gasteiger partial charge < -0.3 is 15.8 Å². The number of rotatable bonds is 8. The van der Waals surface area contributed by atoms with Gasteiger partial charge in [-0.3, -0.25) is 4.99 Å². The van der Waals surface area contributed by atoms with Crippen LogP contribution in [0.5, 0.6) is 5.75 Å². The third kappa shape index (κ3) is 8.48. The van der Waals surface area contributed by atoms with E-state index in [1.54, 1.807) is 0 Å². The number of hydrogen-bond acceptors (Lipinski definition) is 4. The van der Waals surface area contributed by atoms with Gasteiger partial charge in [-0.05, 0) is 44.5 Å².